The highest BCUT2D eigenvalue weighted by Gasteiger charge is 2.23. The Morgan fingerprint density at radius 2 is 1.41 bits per heavy atom. The highest BCUT2D eigenvalue weighted by atomic mass is 14.7. The zero-order valence-corrected chi connectivity index (χ0v) is 20.0. The van der Waals surface area contributed by atoms with Crippen LogP contribution in [0.15, 0.2) is 116 Å². The van der Waals surface area contributed by atoms with E-state index in [2.05, 4.69) is 101 Å². The molecule has 3 nitrogen and oxygen atoms in total. The van der Waals surface area contributed by atoms with Gasteiger partial charge in [-0.25, -0.2) is 4.98 Å². The van der Waals surface area contributed by atoms with Gasteiger partial charge in [-0.15, -0.1) is 0 Å². The molecule has 172 valence electrons. The predicted molar refractivity (Wildman–Crippen MR) is 151 cm³/mol. The second-order valence-corrected chi connectivity index (χ2v) is 9.70. The molecule has 0 unspecified atom stereocenters. The van der Waals surface area contributed by atoms with Gasteiger partial charge in [-0.2, -0.15) is 0 Å². The van der Waals surface area contributed by atoms with E-state index in [9.17, 15) is 0 Å². The minimum Gasteiger partial charge on any atom is -0.264 e. The highest BCUT2D eigenvalue weighted by Crippen LogP contribution is 2.45. The minimum atomic E-state index is 0.945. The van der Waals surface area contributed by atoms with Crippen LogP contribution in [0.4, 0.5) is 0 Å². The number of rotatable bonds is 2. The van der Waals surface area contributed by atoms with Crippen molar-refractivity contribution in [3.05, 3.63) is 127 Å². The Balaban J connectivity index is 1.32. The van der Waals surface area contributed by atoms with Gasteiger partial charge in [0.15, 0.2) is 0 Å². The van der Waals surface area contributed by atoms with E-state index in [1.54, 1.807) is 0 Å². The third-order valence-electron chi connectivity index (χ3n) is 7.61. The molecule has 3 heteroatoms. The smallest absolute Gasteiger partial charge is 0.0972 e. The van der Waals surface area contributed by atoms with Gasteiger partial charge < -0.3 is 0 Å². The van der Waals surface area contributed by atoms with Crippen molar-refractivity contribution in [2.24, 2.45) is 0 Å². The Morgan fingerprint density at radius 3 is 2.38 bits per heavy atom. The van der Waals surface area contributed by atoms with Crippen LogP contribution in [-0.2, 0) is 6.42 Å². The van der Waals surface area contributed by atoms with Gasteiger partial charge in [0.2, 0.25) is 0 Å². The molecule has 37 heavy (non-hydrogen) atoms. The van der Waals surface area contributed by atoms with E-state index in [1.807, 2.05) is 24.7 Å². The summed E-state index contributed by atoms with van der Waals surface area (Å²) in [5.74, 6) is 0. The van der Waals surface area contributed by atoms with E-state index in [0.717, 1.165) is 39.5 Å². The maximum absolute atomic E-state index is 5.11. The van der Waals surface area contributed by atoms with Crippen LogP contribution in [0.2, 0.25) is 0 Å². The molecular weight excluding hydrogens is 450 g/mol. The minimum absolute atomic E-state index is 0.945. The second-order valence-electron chi connectivity index (χ2n) is 9.70. The van der Waals surface area contributed by atoms with Crippen LogP contribution in [0.5, 0.6) is 0 Å². The van der Waals surface area contributed by atoms with Gasteiger partial charge in [0.05, 0.1) is 16.7 Å². The summed E-state index contributed by atoms with van der Waals surface area (Å²) in [4.78, 5) is 14.2. The Labute approximate surface area is 214 Å². The lowest BCUT2D eigenvalue weighted by Gasteiger charge is -2.13. The fourth-order valence-electron chi connectivity index (χ4n) is 5.85. The quantitative estimate of drug-likeness (QED) is 0.238. The molecule has 3 aromatic heterocycles. The SMILES string of the molecule is c1cc2c(c(-c3cccc4ccncc34)c1)-c1cc(-c3ccc4ccc5cccnc5c4n3)ccc1C2. The van der Waals surface area contributed by atoms with E-state index in [0.29, 0.717) is 0 Å². The molecule has 0 aliphatic heterocycles. The molecule has 8 rings (SSSR count). The van der Waals surface area contributed by atoms with Crippen molar-refractivity contribution in [2.45, 2.75) is 6.42 Å². The Bertz CT molecular complexity index is 2020. The summed E-state index contributed by atoms with van der Waals surface area (Å²) in [6, 6.07) is 34.6. The Morgan fingerprint density at radius 1 is 0.568 bits per heavy atom. The first-order chi connectivity index (χ1) is 18.3. The number of hydrogen-bond acceptors (Lipinski definition) is 3. The summed E-state index contributed by atoms with van der Waals surface area (Å²) in [6.45, 7) is 0. The Hall–Kier alpha value is -4.89. The summed E-state index contributed by atoms with van der Waals surface area (Å²) in [6.07, 6.45) is 6.63. The van der Waals surface area contributed by atoms with Crippen molar-refractivity contribution in [2.75, 3.05) is 0 Å². The van der Waals surface area contributed by atoms with Crippen molar-refractivity contribution in [3.8, 4) is 33.5 Å². The molecule has 3 heterocycles. The van der Waals surface area contributed by atoms with Gasteiger partial charge in [-0.3, -0.25) is 9.97 Å². The molecule has 1 aliphatic rings. The summed E-state index contributed by atoms with van der Waals surface area (Å²) in [5, 5.41) is 4.60. The maximum atomic E-state index is 5.11. The molecule has 0 amide bonds. The lowest BCUT2D eigenvalue weighted by Crippen LogP contribution is -1.90. The third kappa shape index (κ3) is 3.11. The number of pyridine rings is 3. The van der Waals surface area contributed by atoms with Gasteiger partial charge in [0.1, 0.15) is 0 Å². The van der Waals surface area contributed by atoms with Crippen LogP contribution in [0.3, 0.4) is 0 Å². The van der Waals surface area contributed by atoms with E-state index in [-0.39, 0.29) is 0 Å². The molecule has 0 radical (unpaired) electrons. The fraction of sp³-hybridized carbons (Fsp3) is 0.0294. The Kier molecular flexibility index (Phi) is 4.29. The zero-order valence-electron chi connectivity index (χ0n) is 20.0. The standard InChI is InChI=1S/C34H21N3/c1-4-21-15-17-35-20-30(21)27(7-1)28-8-2-5-26-18-24-11-12-25(19-29(24)32(26)28)31-14-13-23-10-9-22-6-3-16-36-33(22)34(23)37-31/h1-17,19-20H,18H2. The van der Waals surface area contributed by atoms with Crippen molar-refractivity contribution in [1.82, 2.24) is 15.0 Å². The zero-order chi connectivity index (χ0) is 24.3. The first kappa shape index (κ1) is 20.3. The highest BCUT2D eigenvalue weighted by molar-refractivity contribution is 6.04. The van der Waals surface area contributed by atoms with Crippen LogP contribution in [0, 0.1) is 0 Å². The normalized spacial score (nSPS) is 12.2. The molecule has 0 saturated carbocycles. The lowest BCUT2D eigenvalue weighted by molar-refractivity contribution is 1.26. The van der Waals surface area contributed by atoms with Crippen LogP contribution < -0.4 is 0 Å². The topological polar surface area (TPSA) is 38.7 Å². The monoisotopic (exact) mass is 471 g/mol. The van der Waals surface area contributed by atoms with Gasteiger partial charge in [-0.05, 0) is 69.5 Å². The number of fused-ring (bicyclic) bond motifs is 7. The van der Waals surface area contributed by atoms with Crippen LogP contribution in [0.25, 0.3) is 66.1 Å². The van der Waals surface area contributed by atoms with Gasteiger partial charge in [0.25, 0.3) is 0 Å². The van der Waals surface area contributed by atoms with Crippen LogP contribution in [0.1, 0.15) is 11.1 Å². The van der Waals surface area contributed by atoms with E-state index in [4.69, 9.17) is 4.98 Å². The van der Waals surface area contributed by atoms with Gasteiger partial charge in [0, 0.05) is 40.3 Å². The number of aromatic nitrogens is 3. The van der Waals surface area contributed by atoms with Gasteiger partial charge in [-0.1, -0.05) is 72.8 Å². The van der Waals surface area contributed by atoms with Crippen molar-refractivity contribution in [3.63, 3.8) is 0 Å². The number of nitrogens with zero attached hydrogens (tertiary/aromatic N) is 3. The predicted octanol–water partition coefficient (Wildman–Crippen LogP) is 8.24. The van der Waals surface area contributed by atoms with Crippen LogP contribution in [-0.4, -0.2) is 15.0 Å². The molecule has 0 saturated heterocycles. The van der Waals surface area contributed by atoms with Crippen molar-refractivity contribution in [1.29, 1.82) is 0 Å². The summed E-state index contributed by atoms with van der Waals surface area (Å²) in [7, 11) is 0. The van der Waals surface area contributed by atoms with E-state index >= 15 is 0 Å². The molecular formula is C34H21N3. The summed E-state index contributed by atoms with van der Waals surface area (Å²) >= 11 is 0. The first-order valence-corrected chi connectivity index (χ1v) is 12.6. The molecule has 0 N–H and O–H groups in total. The molecule has 4 aromatic carbocycles. The van der Waals surface area contributed by atoms with E-state index in [1.165, 1.54) is 44.2 Å². The molecule has 0 bridgehead atoms. The molecule has 1 aliphatic carbocycles. The summed E-state index contributed by atoms with van der Waals surface area (Å²) < 4.78 is 0. The summed E-state index contributed by atoms with van der Waals surface area (Å²) in [5.41, 5.74) is 11.8. The first-order valence-electron chi connectivity index (χ1n) is 12.6. The van der Waals surface area contributed by atoms with Crippen molar-refractivity contribution < 1.29 is 0 Å². The number of benzene rings is 4. The average molecular weight is 472 g/mol. The lowest BCUT2D eigenvalue weighted by atomic mass is 9.91. The largest absolute Gasteiger partial charge is 0.264 e. The maximum Gasteiger partial charge on any atom is 0.0972 e. The molecule has 0 spiro atoms. The van der Waals surface area contributed by atoms with Crippen molar-refractivity contribution >= 4 is 32.6 Å². The molecule has 0 fully saturated rings. The second kappa shape index (κ2) is 7.81. The third-order valence-corrected chi connectivity index (χ3v) is 7.61. The molecule has 7 aromatic rings. The van der Waals surface area contributed by atoms with Gasteiger partial charge >= 0.3 is 0 Å². The molecule has 0 atom stereocenters. The van der Waals surface area contributed by atoms with E-state index < -0.39 is 0 Å². The van der Waals surface area contributed by atoms with Crippen LogP contribution >= 0.6 is 0 Å². The fourth-order valence-corrected chi connectivity index (χ4v) is 5.85. The number of hydrogen-bond donors (Lipinski definition) is 0. The average Bonchev–Trinajstić information content (AvgIpc) is 3.35.